The predicted molar refractivity (Wildman–Crippen MR) is 129 cm³/mol. The van der Waals surface area contributed by atoms with Crippen LogP contribution in [0.25, 0.3) is 11.4 Å². The maximum Gasteiger partial charge on any atom is 0.321 e. The Balaban J connectivity index is 1.46. The van der Waals surface area contributed by atoms with Gasteiger partial charge in [-0.3, -0.25) is 14.7 Å². The molecule has 3 amide bonds. The number of hydrogen-bond acceptors (Lipinski definition) is 7. The third kappa shape index (κ3) is 6.07. The van der Waals surface area contributed by atoms with E-state index in [0.717, 1.165) is 22.7 Å². The molecule has 34 heavy (non-hydrogen) atoms. The van der Waals surface area contributed by atoms with Gasteiger partial charge in [0.15, 0.2) is 22.5 Å². The average Bonchev–Trinajstić information content (AvgIpc) is 3.40. The quantitative estimate of drug-likeness (QED) is 0.494. The molecule has 2 aromatic carbocycles. The van der Waals surface area contributed by atoms with Gasteiger partial charge in [-0.05, 0) is 38.5 Å². The van der Waals surface area contributed by atoms with E-state index >= 15 is 0 Å². The van der Waals surface area contributed by atoms with Crippen LogP contribution in [0.1, 0.15) is 32.8 Å². The number of amides is 3. The zero-order chi connectivity index (χ0) is 24.1. The molecule has 0 fully saturated rings. The molecule has 2 N–H and O–H groups in total. The molecule has 4 rings (SSSR count). The molecule has 1 aliphatic heterocycles. The van der Waals surface area contributed by atoms with Crippen LogP contribution in [-0.2, 0) is 11.3 Å². The summed E-state index contributed by atoms with van der Waals surface area (Å²) in [5, 5.41) is 14.5. The highest BCUT2D eigenvalue weighted by Gasteiger charge is 2.19. The Kier molecular flexibility index (Phi) is 7.06. The molecule has 1 aromatic heterocycles. The van der Waals surface area contributed by atoms with E-state index in [1.54, 1.807) is 0 Å². The number of carbonyl (C=O) groups is 2. The number of thioether (sulfide) groups is 1. The van der Waals surface area contributed by atoms with Crippen molar-refractivity contribution in [2.24, 2.45) is 0 Å². The Hall–Kier alpha value is -3.53. The monoisotopic (exact) mass is 481 g/mol. The minimum absolute atomic E-state index is 0.166. The molecule has 2 heterocycles. The summed E-state index contributed by atoms with van der Waals surface area (Å²) in [6.45, 7) is 6.30. The van der Waals surface area contributed by atoms with E-state index in [9.17, 15) is 9.59 Å². The number of aromatic nitrogens is 3. The molecule has 9 nitrogen and oxygen atoms in total. The van der Waals surface area contributed by atoms with Gasteiger partial charge in [0.25, 0.3) is 0 Å². The van der Waals surface area contributed by atoms with Gasteiger partial charge < -0.3 is 14.8 Å². The fourth-order valence-electron chi connectivity index (χ4n) is 3.36. The summed E-state index contributed by atoms with van der Waals surface area (Å²) in [6, 6.07) is 15.1. The molecular weight excluding hydrogens is 454 g/mol. The Morgan fingerprint density at radius 3 is 2.59 bits per heavy atom. The first-order chi connectivity index (χ1) is 16.3. The number of fused-ring (bicyclic) bond motifs is 1. The lowest BCUT2D eigenvalue weighted by Gasteiger charge is -2.20. The van der Waals surface area contributed by atoms with E-state index in [0.29, 0.717) is 23.2 Å². The number of ether oxygens (including phenoxy) is 2. The molecule has 0 unspecified atom stereocenters. The molecule has 10 heteroatoms. The third-order valence-corrected chi connectivity index (χ3v) is 5.80. The van der Waals surface area contributed by atoms with E-state index in [2.05, 4.69) is 20.8 Å². The molecule has 1 aliphatic rings. The number of rotatable bonds is 7. The molecule has 0 aliphatic carbocycles. The van der Waals surface area contributed by atoms with Crippen LogP contribution in [-0.4, -0.2) is 44.8 Å². The molecule has 0 atom stereocenters. The van der Waals surface area contributed by atoms with E-state index in [1.807, 2.05) is 73.9 Å². The Labute approximate surface area is 202 Å². The van der Waals surface area contributed by atoms with E-state index in [1.165, 1.54) is 11.8 Å². The van der Waals surface area contributed by atoms with E-state index in [4.69, 9.17) is 9.47 Å². The van der Waals surface area contributed by atoms with E-state index < -0.39 is 11.6 Å². The maximum atomic E-state index is 12.2. The first-order valence-electron chi connectivity index (χ1n) is 10.9. The van der Waals surface area contributed by atoms with Crippen molar-refractivity contribution in [2.45, 2.75) is 44.4 Å². The van der Waals surface area contributed by atoms with Crippen molar-refractivity contribution >= 4 is 23.7 Å². The molecule has 3 aromatic rings. The zero-order valence-corrected chi connectivity index (χ0v) is 20.1. The van der Waals surface area contributed by atoms with Gasteiger partial charge in [-0.2, -0.15) is 0 Å². The first-order valence-corrected chi connectivity index (χ1v) is 11.9. The summed E-state index contributed by atoms with van der Waals surface area (Å²) in [5.41, 5.74) is 1.54. The fourth-order valence-corrected chi connectivity index (χ4v) is 4.23. The summed E-state index contributed by atoms with van der Waals surface area (Å²) in [5.74, 6) is 2.27. The number of carbonyl (C=O) groups excluding carboxylic acids is 2. The highest BCUT2D eigenvalue weighted by Crippen LogP contribution is 2.33. The Morgan fingerprint density at radius 1 is 1.06 bits per heavy atom. The van der Waals surface area contributed by atoms with Gasteiger partial charge in [0.05, 0.1) is 6.54 Å². The van der Waals surface area contributed by atoms with Crippen LogP contribution >= 0.6 is 11.8 Å². The second-order valence-corrected chi connectivity index (χ2v) is 9.86. The minimum atomic E-state index is -0.500. The normalized spacial score (nSPS) is 12.4. The van der Waals surface area contributed by atoms with Crippen LogP contribution in [0.3, 0.4) is 0 Å². The van der Waals surface area contributed by atoms with Crippen molar-refractivity contribution in [2.75, 3.05) is 12.5 Å². The summed E-state index contributed by atoms with van der Waals surface area (Å²) in [6.07, 6.45) is 0.166. The van der Waals surface area contributed by atoms with Crippen LogP contribution in [0.5, 0.6) is 11.5 Å². The van der Waals surface area contributed by atoms with Crippen molar-refractivity contribution < 1.29 is 19.1 Å². The van der Waals surface area contributed by atoms with Gasteiger partial charge in [0.2, 0.25) is 12.7 Å². The second kappa shape index (κ2) is 10.2. The number of nitrogens with one attached hydrogen (secondary N) is 2. The molecule has 0 saturated carbocycles. The SMILES string of the molecule is CC(C)(C)NC(=O)NC(=O)CCSc1nnc(-c2ccccc2)n1Cc1ccc2c(c1)OCO2. The van der Waals surface area contributed by atoms with Crippen molar-refractivity contribution in [3.8, 4) is 22.9 Å². The maximum absolute atomic E-state index is 12.2. The first kappa shape index (κ1) is 23.6. The zero-order valence-electron chi connectivity index (χ0n) is 19.3. The summed E-state index contributed by atoms with van der Waals surface area (Å²) in [4.78, 5) is 24.1. The molecule has 0 radical (unpaired) electrons. The summed E-state index contributed by atoms with van der Waals surface area (Å²) in [7, 11) is 0. The minimum Gasteiger partial charge on any atom is -0.454 e. The molecular formula is C24H27N5O4S. The molecule has 0 bridgehead atoms. The molecule has 0 saturated heterocycles. The van der Waals surface area contributed by atoms with Gasteiger partial charge >= 0.3 is 6.03 Å². The van der Waals surface area contributed by atoms with E-state index in [-0.39, 0.29) is 19.1 Å². The van der Waals surface area contributed by atoms with Gasteiger partial charge in [-0.25, -0.2) is 4.79 Å². The molecule has 178 valence electrons. The lowest BCUT2D eigenvalue weighted by molar-refractivity contribution is -0.119. The van der Waals surface area contributed by atoms with Crippen molar-refractivity contribution in [3.63, 3.8) is 0 Å². The number of benzene rings is 2. The Bertz CT molecular complexity index is 1170. The largest absolute Gasteiger partial charge is 0.454 e. The van der Waals surface area contributed by atoms with Gasteiger partial charge in [-0.15, -0.1) is 10.2 Å². The lowest BCUT2D eigenvalue weighted by Crippen LogP contribution is -2.48. The third-order valence-electron chi connectivity index (χ3n) is 4.83. The number of nitrogens with zero attached hydrogens (tertiary/aromatic N) is 3. The van der Waals surface area contributed by atoms with Crippen LogP contribution < -0.4 is 20.1 Å². The highest BCUT2D eigenvalue weighted by molar-refractivity contribution is 7.99. The topological polar surface area (TPSA) is 107 Å². The Morgan fingerprint density at radius 2 is 1.82 bits per heavy atom. The predicted octanol–water partition coefficient (Wildman–Crippen LogP) is 3.83. The smallest absolute Gasteiger partial charge is 0.321 e. The van der Waals surface area contributed by atoms with Crippen LogP contribution in [0.4, 0.5) is 4.79 Å². The lowest BCUT2D eigenvalue weighted by atomic mass is 10.1. The number of urea groups is 1. The molecule has 0 spiro atoms. The van der Waals surface area contributed by atoms with Gasteiger partial charge in [-0.1, -0.05) is 48.2 Å². The fraction of sp³-hybridized carbons (Fsp3) is 0.333. The van der Waals surface area contributed by atoms with Crippen LogP contribution in [0.2, 0.25) is 0 Å². The van der Waals surface area contributed by atoms with Gasteiger partial charge in [0, 0.05) is 23.3 Å². The van der Waals surface area contributed by atoms with Gasteiger partial charge in [0.1, 0.15) is 0 Å². The highest BCUT2D eigenvalue weighted by atomic mass is 32.2. The van der Waals surface area contributed by atoms with Crippen LogP contribution in [0.15, 0.2) is 53.7 Å². The average molecular weight is 482 g/mol. The number of imide groups is 1. The van der Waals surface area contributed by atoms with Crippen LogP contribution in [0, 0.1) is 0 Å². The number of hydrogen-bond donors (Lipinski definition) is 2. The standard InChI is InChI=1S/C24H27N5O4S/c1-24(2,3)26-22(31)25-20(30)11-12-34-23-28-27-21(17-7-5-4-6-8-17)29(23)14-16-9-10-18-19(13-16)33-15-32-18/h4-10,13H,11-12,14-15H2,1-3H3,(H2,25,26,30,31). The van der Waals surface area contributed by atoms with Crippen molar-refractivity contribution in [3.05, 3.63) is 54.1 Å². The second-order valence-electron chi connectivity index (χ2n) is 8.80. The summed E-state index contributed by atoms with van der Waals surface area (Å²) < 4.78 is 12.9. The van der Waals surface area contributed by atoms with Crippen molar-refractivity contribution in [1.82, 2.24) is 25.4 Å². The van der Waals surface area contributed by atoms with Crippen molar-refractivity contribution in [1.29, 1.82) is 0 Å². The summed E-state index contributed by atoms with van der Waals surface area (Å²) >= 11 is 1.42.